The van der Waals surface area contributed by atoms with Gasteiger partial charge in [0.2, 0.25) is 5.88 Å². The number of aromatic nitrogens is 1. The zero-order valence-corrected chi connectivity index (χ0v) is 19.8. The third-order valence-corrected chi connectivity index (χ3v) is 5.74. The minimum Gasteiger partial charge on any atom is -0.481 e. The Labute approximate surface area is 195 Å². The van der Waals surface area contributed by atoms with Crippen molar-refractivity contribution in [1.29, 1.82) is 0 Å². The molecule has 0 saturated carbocycles. The summed E-state index contributed by atoms with van der Waals surface area (Å²) in [4.78, 5) is 31.6. The Balaban J connectivity index is 1.89. The molecule has 166 valence electrons. The molecule has 0 radical (unpaired) electrons. The molecule has 1 amide bonds. The minimum absolute atomic E-state index is 0.0176. The number of hydrogen-bond donors (Lipinski definition) is 0. The second-order valence-electron chi connectivity index (χ2n) is 7.16. The number of ketones is 1. The van der Waals surface area contributed by atoms with Crippen LogP contribution >= 0.6 is 15.9 Å². The van der Waals surface area contributed by atoms with Gasteiger partial charge in [0.05, 0.1) is 12.7 Å². The van der Waals surface area contributed by atoms with Crippen LogP contribution in [0.25, 0.3) is 11.1 Å². The van der Waals surface area contributed by atoms with Gasteiger partial charge >= 0.3 is 0 Å². The van der Waals surface area contributed by atoms with Gasteiger partial charge in [0, 0.05) is 41.8 Å². The summed E-state index contributed by atoms with van der Waals surface area (Å²) in [6.45, 7) is 4.93. The van der Waals surface area contributed by atoms with Crippen LogP contribution in [0.15, 0.2) is 59.2 Å². The topological polar surface area (TPSA) is 59.5 Å². The molecule has 1 aromatic heterocycles. The van der Waals surface area contributed by atoms with E-state index in [1.807, 2.05) is 13.8 Å². The van der Waals surface area contributed by atoms with Crippen LogP contribution < -0.4 is 4.74 Å². The summed E-state index contributed by atoms with van der Waals surface area (Å²) in [7, 11) is 1.51. The van der Waals surface area contributed by atoms with Crippen molar-refractivity contribution in [2.75, 3.05) is 20.2 Å². The maximum Gasteiger partial charge on any atom is 0.254 e. The molecule has 0 N–H and O–H groups in total. The van der Waals surface area contributed by atoms with E-state index >= 15 is 0 Å². The third kappa shape index (κ3) is 5.22. The number of methoxy groups -OCH3 is 1. The van der Waals surface area contributed by atoms with E-state index in [0.717, 1.165) is 10.0 Å². The maximum atomic E-state index is 14.9. The molecule has 0 unspecified atom stereocenters. The zero-order chi connectivity index (χ0) is 23.3. The molecule has 7 heteroatoms. The van der Waals surface area contributed by atoms with Gasteiger partial charge in [-0.2, -0.15) is 0 Å². The average molecular weight is 499 g/mol. The molecule has 0 aliphatic rings. The molecule has 0 aliphatic carbocycles. The number of carbonyl (C=O) groups excluding carboxylic acids is 2. The second kappa shape index (κ2) is 10.5. The fourth-order valence-corrected chi connectivity index (χ4v) is 3.90. The van der Waals surface area contributed by atoms with E-state index in [-0.39, 0.29) is 17.9 Å². The molecule has 5 nitrogen and oxygen atoms in total. The van der Waals surface area contributed by atoms with Gasteiger partial charge in [-0.15, -0.1) is 0 Å². The number of rotatable bonds is 8. The van der Waals surface area contributed by atoms with Crippen LogP contribution in [0.4, 0.5) is 4.39 Å². The number of carbonyl (C=O) groups is 2. The lowest BCUT2D eigenvalue weighted by molar-refractivity contribution is 0.0772. The number of hydrogen-bond acceptors (Lipinski definition) is 4. The van der Waals surface area contributed by atoms with Gasteiger partial charge < -0.3 is 9.64 Å². The Morgan fingerprint density at radius 3 is 2.34 bits per heavy atom. The average Bonchev–Trinajstić information content (AvgIpc) is 2.79. The van der Waals surface area contributed by atoms with Crippen molar-refractivity contribution in [3.63, 3.8) is 0 Å². The van der Waals surface area contributed by atoms with Crippen LogP contribution in [0.2, 0.25) is 0 Å². The van der Waals surface area contributed by atoms with Crippen molar-refractivity contribution in [3.8, 4) is 17.0 Å². The smallest absolute Gasteiger partial charge is 0.254 e. The minimum atomic E-state index is -0.616. The predicted octanol–water partition coefficient (Wildman–Crippen LogP) is 5.57. The van der Waals surface area contributed by atoms with Gasteiger partial charge in [-0.3, -0.25) is 9.59 Å². The summed E-state index contributed by atoms with van der Waals surface area (Å²) in [5.74, 6) is -0.737. The number of pyridine rings is 1. The first kappa shape index (κ1) is 23.6. The first-order valence-corrected chi connectivity index (χ1v) is 11.1. The van der Waals surface area contributed by atoms with Crippen molar-refractivity contribution in [3.05, 3.63) is 81.7 Å². The van der Waals surface area contributed by atoms with Crippen LogP contribution in [0.3, 0.4) is 0 Å². The lowest BCUT2D eigenvalue weighted by Gasteiger charge is -2.20. The van der Waals surface area contributed by atoms with Crippen LogP contribution in [-0.4, -0.2) is 41.8 Å². The third-order valence-electron chi connectivity index (χ3n) is 5.25. The number of ether oxygens (including phenoxy) is 1. The number of amides is 1. The molecule has 0 saturated heterocycles. The molecule has 32 heavy (non-hydrogen) atoms. The normalized spacial score (nSPS) is 10.7. The van der Waals surface area contributed by atoms with Crippen molar-refractivity contribution in [2.45, 2.75) is 20.3 Å². The van der Waals surface area contributed by atoms with Gasteiger partial charge in [0.25, 0.3) is 5.91 Å². The van der Waals surface area contributed by atoms with E-state index in [4.69, 9.17) is 4.74 Å². The Morgan fingerprint density at radius 2 is 1.69 bits per heavy atom. The highest BCUT2D eigenvalue weighted by Gasteiger charge is 2.20. The fraction of sp³-hybridized carbons (Fsp3) is 0.240. The summed E-state index contributed by atoms with van der Waals surface area (Å²) < 4.78 is 20.8. The standard InChI is InChI=1S/C25H24BrFN2O3/c1-4-29(5-2)25(31)20-9-7-19(26)12-18(20)14-23(30)21-8-6-16(13-22(21)27)17-10-11-28-24(15-17)32-3/h6-13,15H,4-5,14H2,1-3H3. The van der Waals surface area contributed by atoms with Crippen LogP contribution in [0, 0.1) is 5.82 Å². The first-order chi connectivity index (χ1) is 15.4. The Morgan fingerprint density at radius 1 is 1.00 bits per heavy atom. The molecular formula is C25H24BrFN2O3. The molecule has 1 heterocycles. The summed E-state index contributed by atoms with van der Waals surface area (Å²) in [5.41, 5.74) is 2.33. The molecule has 0 atom stereocenters. The maximum absolute atomic E-state index is 14.9. The highest BCUT2D eigenvalue weighted by molar-refractivity contribution is 9.10. The van der Waals surface area contributed by atoms with Gasteiger partial charge in [-0.25, -0.2) is 9.37 Å². The van der Waals surface area contributed by atoms with E-state index in [0.29, 0.717) is 35.7 Å². The lowest BCUT2D eigenvalue weighted by Crippen LogP contribution is -2.31. The van der Waals surface area contributed by atoms with Crippen molar-refractivity contribution >= 4 is 27.6 Å². The van der Waals surface area contributed by atoms with Gasteiger partial charge in [0.1, 0.15) is 5.82 Å². The van der Waals surface area contributed by atoms with Crippen molar-refractivity contribution < 1.29 is 18.7 Å². The SMILES string of the molecule is CCN(CC)C(=O)c1ccc(Br)cc1CC(=O)c1ccc(-c2ccnc(OC)c2)cc1F. The highest BCUT2D eigenvalue weighted by Crippen LogP contribution is 2.26. The monoisotopic (exact) mass is 498 g/mol. The zero-order valence-electron chi connectivity index (χ0n) is 18.2. The number of halogens is 2. The van der Waals surface area contributed by atoms with E-state index in [9.17, 15) is 14.0 Å². The summed E-state index contributed by atoms with van der Waals surface area (Å²) in [5, 5.41) is 0. The quantitative estimate of drug-likeness (QED) is 0.381. The summed E-state index contributed by atoms with van der Waals surface area (Å²) in [6, 6.07) is 13.1. The summed E-state index contributed by atoms with van der Waals surface area (Å²) in [6.07, 6.45) is 1.49. The van der Waals surface area contributed by atoms with E-state index in [1.165, 1.54) is 19.2 Å². The number of nitrogens with zero attached hydrogens (tertiary/aromatic N) is 2. The molecular weight excluding hydrogens is 475 g/mol. The molecule has 3 aromatic rings. The Bertz CT molecular complexity index is 1150. The van der Waals surface area contributed by atoms with E-state index in [1.54, 1.807) is 47.5 Å². The summed E-state index contributed by atoms with van der Waals surface area (Å²) >= 11 is 3.40. The molecule has 2 aromatic carbocycles. The highest BCUT2D eigenvalue weighted by atomic mass is 79.9. The molecule has 0 aliphatic heterocycles. The van der Waals surface area contributed by atoms with Crippen LogP contribution in [0.5, 0.6) is 5.88 Å². The second-order valence-corrected chi connectivity index (χ2v) is 8.08. The number of benzene rings is 2. The predicted molar refractivity (Wildman–Crippen MR) is 126 cm³/mol. The molecule has 0 spiro atoms. The fourth-order valence-electron chi connectivity index (χ4n) is 3.49. The van der Waals surface area contributed by atoms with Crippen LogP contribution in [-0.2, 0) is 6.42 Å². The van der Waals surface area contributed by atoms with E-state index < -0.39 is 11.6 Å². The molecule has 0 bridgehead atoms. The molecule has 0 fully saturated rings. The first-order valence-electron chi connectivity index (χ1n) is 10.3. The van der Waals surface area contributed by atoms with E-state index in [2.05, 4.69) is 20.9 Å². The molecule has 3 rings (SSSR count). The lowest BCUT2D eigenvalue weighted by atomic mass is 9.96. The largest absolute Gasteiger partial charge is 0.481 e. The van der Waals surface area contributed by atoms with Gasteiger partial charge in [-0.05, 0) is 66.9 Å². The Hall–Kier alpha value is -3.06. The van der Waals surface area contributed by atoms with Crippen molar-refractivity contribution in [1.82, 2.24) is 9.88 Å². The Kier molecular flexibility index (Phi) is 7.75. The van der Waals surface area contributed by atoms with Gasteiger partial charge in [-0.1, -0.05) is 22.0 Å². The van der Waals surface area contributed by atoms with Crippen molar-refractivity contribution in [2.24, 2.45) is 0 Å². The number of Topliss-reactive ketones (excluding diaryl/α,β-unsaturated/α-hetero) is 1. The van der Waals surface area contributed by atoms with Gasteiger partial charge in [0.15, 0.2) is 5.78 Å². The van der Waals surface area contributed by atoms with Crippen LogP contribution in [0.1, 0.15) is 40.1 Å².